The lowest BCUT2D eigenvalue weighted by Gasteiger charge is -2.20. The minimum atomic E-state index is 0. The van der Waals surface area contributed by atoms with Gasteiger partial charge in [-0.25, -0.2) is 0 Å². The Labute approximate surface area is 187 Å². The van der Waals surface area contributed by atoms with Crippen molar-refractivity contribution in [3.8, 4) is 0 Å². The molecular weight excluding hydrogens is 517 g/mol. The van der Waals surface area contributed by atoms with Crippen LogP contribution in [0.2, 0.25) is 0 Å². The van der Waals surface area contributed by atoms with Crippen LogP contribution in [0.4, 0.5) is 5.69 Å². The van der Waals surface area contributed by atoms with Crippen molar-refractivity contribution in [3.05, 3.63) is 58.8 Å². The molecule has 1 unspecified atom stereocenters. The van der Waals surface area contributed by atoms with Gasteiger partial charge in [0, 0.05) is 60.7 Å². The highest BCUT2D eigenvalue weighted by atomic mass is 127. The number of halogens is 2. The minimum absolute atomic E-state index is 0. The van der Waals surface area contributed by atoms with Gasteiger partial charge in [-0.1, -0.05) is 22.0 Å². The van der Waals surface area contributed by atoms with Gasteiger partial charge in [-0.3, -0.25) is 9.98 Å². The number of guanidine groups is 1. The van der Waals surface area contributed by atoms with E-state index in [2.05, 4.69) is 67.6 Å². The molecule has 1 atom stereocenters. The molecule has 1 aliphatic heterocycles. The SMILES string of the molecule is CCNC(=NCCc1ccccn1)NC1CCN(c2ccc(Br)cc2)C1.I. The van der Waals surface area contributed by atoms with E-state index in [1.165, 1.54) is 5.69 Å². The third-order valence-corrected chi connectivity index (χ3v) is 4.96. The first-order chi connectivity index (χ1) is 12.7. The Morgan fingerprint density at radius 2 is 2.07 bits per heavy atom. The quantitative estimate of drug-likeness (QED) is 0.330. The van der Waals surface area contributed by atoms with Gasteiger partial charge in [-0.05, 0) is 49.7 Å². The fourth-order valence-electron chi connectivity index (χ4n) is 3.11. The predicted molar refractivity (Wildman–Crippen MR) is 127 cm³/mol. The minimum Gasteiger partial charge on any atom is -0.369 e. The molecule has 0 radical (unpaired) electrons. The molecule has 0 saturated carbocycles. The first kappa shape index (κ1) is 21.9. The van der Waals surface area contributed by atoms with Gasteiger partial charge < -0.3 is 15.5 Å². The molecule has 2 heterocycles. The highest BCUT2D eigenvalue weighted by Gasteiger charge is 2.23. The second-order valence-electron chi connectivity index (χ2n) is 6.38. The van der Waals surface area contributed by atoms with Crippen LogP contribution >= 0.6 is 39.9 Å². The van der Waals surface area contributed by atoms with Crippen molar-refractivity contribution in [2.45, 2.75) is 25.8 Å². The summed E-state index contributed by atoms with van der Waals surface area (Å²) >= 11 is 3.50. The number of hydrogen-bond acceptors (Lipinski definition) is 3. The van der Waals surface area contributed by atoms with Crippen LogP contribution in [0.5, 0.6) is 0 Å². The fourth-order valence-corrected chi connectivity index (χ4v) is 3.37. The third-order valence-electron chi connectivity index (χ3n) is 4.43. The topological polar surface area (TPSA) is 52.6 Å². The van der Waals surface area contributed by atoms with E-state index >= 15 is 0 Å². The summed E-state index contributed by atoms with van der Waals surface area (Å²) in [7, 11) is 0. The van der Waals surface area contributed by atoms with Gasteiger partial charge >= 0.3 is 0 Å². The molecule has 0 amide bonds. The molecule has 0 bridgehead atoms. The number of nitrogens with zero attached hydrogens (tertiary/aromatic N) is 3. The Morgan fingerprint density at radius 3 is 2.78 bits per heavy atom. The summed E-state index contributed by atoms with van der Waals surface area (Å²) in [5.41, 5.74) is 2.35. The van der Waals surface area contributed by atoms with Crippen molar-refractivity contribution in [2.75, 3.05) is 31.1 Å². The van der Waals surface area contributed by atoms with Crippen molar-refractivity contribution in [3.63, 3.8) is 0 Å². The molecule has 0 spiro atoms. The van der Waals surface area contributed by atoms with Crippen LogP contribution in [-0.2, 0) is 6.42 Å². The average Bonchev–Trinajstić information content (AvgIpc) is 3.12. The first-order valence-corrected chi connectivity index (χ1v) is 9.99. The van der Waals surface area contributed by atoms with E-state index in [1.807, 2.05) is 24.4 Å². The number of pyridine rings is 1. The van der Waals surface area contributed by atoms with Crippen LogP contribution in [0.15, 0.2) is 58.1 Å². The van der Waals surface area contributed by atoms with Gasteiger partial charge in [0.25, 0.3) is 0 Å². The van der Waals surface area contributed by atoms with E-state index in [0.29, 0.717) is 6.04 Å². The Morgan fingerprint density at radius 1 is 1.26 bits per heavy atom. The molecule has 1 saturated heterocycles. The van der Waals surface area contributed by atoms with Crippen LogP contribution < -0.4 is 15.5 Å². The molecule has 5 nitrogen and oxygen atoms in total. The van der Waals surface area contributed by atoms with Crippen molar-refractivity contribution < 1.29 is 0 Å². The Balaban J connectivity index is 0.00000261. The first-order valence-electron chi connectivity index (χ1n) is 9.20. The molecule has 7 heteroatoms. The standard InChI is InChI=1S/C20H26BrN5.HI/c1-2-22-20(24-13-10-17-5-3-4-12-23-17)25-18-11-14-26(15-18)19-8-6-16(21)7-9-19;/h3-9,12,18H,2,10-11,13-15H2,1H3,(H2,22,24,25);1H. The monoisotopic (exact) mass is 543 g/mol. The molecule has 2 N–H and O–H groups in total. The summed E-state index contributed by atoms with van der Waals surface area (Å²) in [4.78, 5) is 11.5. The summed E-state index contributed by atoms with van der Waals surface area (Å²) in [5, 5.41) is 6.93. The zero-order valence-electron chi connectivity index (χ0n) is 15.6. The molecule has 1 aromatic carbocycles. The number of rotatable bonds is 6. The molecule has 1 fully saturated rings. The maximum atomic E-state index is 4.71. The van der Waals surface area contributed by atoms with Crippen LogP contribution in [0.25, 0.3) is 0 Å². The van der Waals surface area contributed by atoms with E-state index in [1.54, 1.807) is 0 Å². The van der Waals surface area contributed by atoms with Gasteiger partial charge in [0.1, 0.15) is 0 Å². The number of hydrogen-bond donors (Lipinski definition) is 2. The van der Waals surface area contributed by atoms with E-state index < -0.39 is 0 Å². The van der Waals surface area contributed by atoms with Crippen molar-refractivity contribution in [1.82, 2.24) is 15.6 Å². The molecule has 3 rings (SSSR count). The molecule has 1 aliphatic rings. The zero-order chi connectivity index (χ0) is 18.2. The normalized spacial score (nSPS) is 16.7. The average molecular weight is 544 g/mol. The summed E-state index contributed by atoms with van der Waals surface area (Å²) < 4.78 is 1.12. The molecule has 27 heavy (non-hydrogen) atoms. The lowest BCUT2D eigenvalue weighted by molar-refractivity contribution is 0.649. The van der Waals surface area contributed by atoms with Crippen LogP contribution in [0.1, 0.15) is 19.0 Å². The van der Waals surface area contributed by atoms with Gasteiger partial charge in [0.05, 0.1) is 0 Å². The molecule has 0 aliphatic carbocycles. The molecule has 146 valence electrons. The predicted octanol–water partition coefficient (Wildman–Crippen LogP) is 3.84. The highest BCUT2D eigenvalue weighted by Crippen LogP contribution is 2.22. The molecule has 1 aromatic heterocycles. The Bertz CT molecular complexity index is 708. The van der Waals surface area contributed by atoms with Crippen molar-refractivity contribution in [1.29, 1.82) is 0 Å². The van der Waals surface area contributed by atoms with Gasteiger partial charge in [0.2, 0.25) is 0 Å². The smallest absolute Gasteiger partial charge is 0.191 e. The second-order valence-corrected chi connectivity index (χ2v) is 7.30. The molecular formula is C20H27BrIN5. The summed E-state index contributed by atoms with van der Waals surface area (Å²) in [6.07, 6.45) is 3.80. The summed E-state index contributed by atoms with van der Waals surface area (Å²) in [6.45, 7) is 5.74. The van der Waals surface area contributed by atoms with Gasteiger partial charge in [-0.15, -0.1) is 24.0 Å². The van der Waals surface area contributed by atoms with Gasteiger partial charge in [0.15, 0.2) is 5.96 Å². The van der Waals surface area contributed by atoms with E-state index in [4.69, 9.17) is 4.99 Å². The fraction of sp³-hybridized carbons (Fsp3) is 0.400. The lowest BCUT2D eigenvalue weighted by atomic mass is 10.2. The molecule has 2 aromatic rings. The highest BCUT2D eigenvalue weighted by molar-refractivity contribution is 14.0. The number of aliphatic imine (C=N–C) groups is 1. The maximum Gasteiger partial charge on any atom is 0.191 e. The van der Waals surface area contributed by atoms with Crippen LogP contribution in [0.3, 0.4) is 0 Å². The Kier molecular flexibility index (Phi) is 9.33. The summed E-state index contributed by atoms with van der Waals surface area (Å²) in [5.74, 6) is 0.895. The van der Waals surface area contributed by atoms with E-state index in [-0.39, 0.29) is 24.0 Å². The third kappa shape index (κ3) is 6.95. The lowest BCUT2D eigenvalue weighted by Crippen LogP contribution is -2.44. The number of nitrogens with one attached hydrogen (secondary N) is 2. The van der Waals surface area contributed by atoms with E-state index in [9.17, 15) is 0 Å². The number of aromatic nitrogens is 1. The summed E-state index contributed by atoms with van der Waals surface area (Å²) in [6, 6.07) is 14.9. The van der Waals surface area contributed by atoms with Crippen molar-refractivity contribution >= 4 is 51.6 Å². The van der Waals surface area contributed by atoms with Crippen molar-refractivity contribution in [2.24, 2.45) is 4.99 Å². The second kappa shape index (κ2) is 11.5. The van der Waals surface area contributed by atoms with Crippen LogP contribution in [-0.4, -0.2) is 43.2 Å². The van der Waals surface area contributed by atoms with Gasteiger partial charge in [-0.2, -0.15) is 0 Å². The zero-order valence-corrected chi connectivity index (χ0v) is 19.5. The Hall–Kier alpha value is -1.35. The van der Waals surface area contributed by atoms with Crippen LogP contribution in [0, 0.1) is 0 Å². The number of benzene rings is 1. The maximum absolute atomic E-state index is 4.71. The number of anilines is 1. The largest absolute Gasteiger partial charge is 0.369 e. The van der Waals surface area contributed by atoms with E-state index in [0.717, 1.165) is 55.1 Å².